The van der Waals surface area contributed by atoms with Crippen molar-refractivity contribution in [1.82, 2.24) is 9.55 Å². The fourth-order valence-electron chi connectivity index (χ4n) is 2.03. The Balaban J connectivity index is 0.000000461. The van der Waals surface area contributed by atoms with Crippen molar-refractivity contribution in [3.05, 3.63) is 18.7 Å². The largest absolute Gasteiger partial charge is 0.334 e. The molecule has 0 N–H and O–H groups in total. The first-order chi connectivity index (χ1) is 6.86. The predicted octanol–water partition coefficient (Wildman–Crippen LogP) is 3.66. The average Bonchev–Trinajstić information content (AvgIpc) is 2.75. The molecule has 1 heterocycles. The zero-order valence-corrected chi connectivity index (χ0v) is 9.61. The van der Waals surface area contributed by atoms with Crippen molar-refractivity contribution < 1.29 is 0 Å². The van der Waals surface area contributed by atoms with E-state index in [1.54, 1.807) is 0 Å². The lowest BCUT2D eigenvalue weighted by atomic mass is 9.87. The third-order valence-corrected chi connectivity index (χ3v) is 2.93. The summed E-state index contributed by atoms with van der Waals surface area (Å²) >= 11 is 0. The van der Waals surface area contributed by atoms with Crippen molar-refractivity contribution in [2.75, 3.05) is 0 Å². The van der Waals surface area contributed by atoms with Gasteiger partial charge in [-0.15, -0.1) is 0 Å². The van der Waals surface area contributed by atoms with Crippen LogP contribution in [0.1, 0.15) is 52.5 Å². The van der Waals surface area contributed by atoms with Gasteiger partial charge in [-0.3, -0.25) is 0 Å². The van der Waals surface area contributed by atoms with Gasteiger partial charge in [-0.2, -0.15) is 0 Å². The second-order valence-corrected chi connectivity index (χ2v) is 3.92. The fraction of sp³-hybridized carbons (Fsp3) is 0.750. The summed E-state index contributed by atoms with van der Waals surface area (Å²) in [6.07, 6.45) is 11.3. The van der Waals surface area contributed by atoms with E-state index in [-0.39, 0.29) is 0 Å². The number of aromatic nitrogens is 2. The van der Waals surface area contributed by atoms with Crippen LogP contribution in [0.4, 0.5) is 0 Å². The molecule has 2 rings (SSSR count). The molecule has 14 heavy (non-hydrogen) atoms. The summed E-state index contributed by atoms with van der Waals surface area (Å²) in [4.78, 5) is 4.08. The fourth-order valence-corrected chi connectivity index (χ4v) is 2.03. The minimum atomic E-state index is 0.726. The summed E-state index contributed by atoms with van der Waals surface area (Å²) in [7, 11) is 0. The highest BCUT2D eigenvalue weighted by Crippen LogP contribution is 2.31. The van der Waals surface area contributed by atoms with Crippen LogP contribution in [0.25, 0.3) is 0 Å². The van der Waals surface area contributed by atoms with Crippen LogP contribution in [0, 0.1) is 5.92 Å². The highest BCUT2D eigenvalue weighted by molar-refractivity contribution is 4.83. The summed E-state index contributed by atoms with van der Waals surface area (Å²) in [5, 5.41) is 0. The molecule has 1 saturated carbocycles. The van der Waals surface area contributed by atoms with Crippen LogP contribution >= 0.6 is 0 Å². The Kier molecular flexibility index (Phi) is 4.71. The van der Waals surface area contributed by atoms with Gasteiger partial charge in [-0.25, -0.2) is 4.98 Å². The highest BCUT2D eigenvalue weighted by Gasteiger charge is 2.18. The van der Waals surface area contributed by atoms with Gasteiger partial charge < -0.3 is 4.57 Å². The van der Waals surface area contributed by atoms with Gasteiger partial charge in [0, 0.05) is 18.4 Å². The third kappa shape index (κ3) is 2.86. The number of nitrogens with zero attached hydrogens (tertiary/aromatic N) is 2. The normalized spacial score (nSPS) is 26.5. The van der Waals surface area contributed by atoms with Gasteiger partial charge in [0.25, 0.3) is 0 Å². The van der Waals surface area contributed by atoms with E-state index in [1.807, 2.05) is 26.4 Å². The Morgan fingerprint density at radius 3 is 2.29 bits per heavy atom. The van der Waals surface area contributed by atoms with Gasteiger partial charge in [0.05, 0.1) is 6.33 Å². The Bertz CT molecular complexity index is 220. The first-order valence-corrected chi connectivity index (χ1v) is 5.83. The number of rotatable bonds is 1. The first-order valence-electron chi connectivity index (χ1n) is 5.83. The highest BCUT2D eigenvalue weighted by atomic mass is 15.0. The quantitative estimate of drug-likeness (QED) is 0.667. The Morgan fingerprint density at radius 1 is 1.14 bits per heavy atom. The van der Waals surface area contributed by atoms with E-state index in [1.165, 1.54) is 25.7 Å². The third-order valence-electron chi connectivity index (χ3n) is 2.93. The summed E-state index contributed by atoms with van der Waals surface area (Å²) in [5.74, 6) is 0.935. The lowest BCUT2D eigenvalue weighted by molar-refractivity contribution is 0.289. The lowest BCUT2D eigenvalue weighted by Crippen LogP contribution is -2.15. The molecule has 0 saturated heterocycles. The molecule has 2 heteroatoms. The average molecular weight is 194 g/mol. The van der Waals surface area contributed by atoms with Crippen LogP contribution in [0.2, 0.25) is 0 Å². The minimum Gasteiger partial charge on any atom is -0.334 e. The monoisotopic (exact) mass is 194 g/mol. The summed E-state index contributed by atoms with van der Waals surface area (Å²) < 4.78 is 2.26. The van der Waals surface area contributed by atoms with E-state index in [9.17, 15) is 0 Å². The van der Waals surface area contributed by atoms with E-state index in [4.69, 9.17) is 0 Å². The van der Waals surface area contributed by atoms with Crippen LogP contribution in [0.5, 0.6) is 0 Å². The minimum absolute atomic E-state index is 0.726. The van der Waals surface area contributed by atoms with Crippen molar-refractivity contribution in [2.24, 2.45) is 5.92 Å². The number of hydrogen-bond acceptors (Lipinski definition) is 1. The maximum absolute atomic E-state index is 4.08. The van der Waals surface area contributed by atoms with E-state index >= 15 is 0 Å². The molecule has 80 valence electrons. The van der Waals surface area contributed by atoms with Crippen LogP contribution in [0.3, 0.4) is 0 Å². The van der Waals surface area contributed by atoms with Crippen LogP contribution in [-0.4, -0.2) is 9.55 Å². The molecule has 1 fully saturated rings. The van der Waals surface area contributed by atoms with Gasteiger partial charge in [-0.1, -0.05) is 20.8 Å². The number of imidazole rings is 1. The summed E-state index contributed by atoms with van der Waals surface area (Å²) in [6.45, 7) is 6.35. The molecule has 0 atom stereocenters. The Labute approximate surface area is 87.4 Å². The molecular weight excluding hydrogens is 172 g/mol. The zero-order valence-electron chi connectivity index (χ0n) is 9.61. The van der Waals surface area contributed by atoms with Crippen molar-refractivity contribution in [1.29, 1.82) is 0 Å². The van der Waals surface area contributed by atoms with E-state index in [0.29, 0.717) is 0 Å². The van der Waals surface area contributed by atoms with Crippen molar-refractivity contribution in [2.45, 2.75) is 52.5 Å². The zero-order chi connectivity index (χ0) is 10.4. The molecule has 1 aliphatic rings. The number of hydrogen-bond donors (Lipinski definition) is 0. The van der Waals surface area contributed by atoms with E-state index in [0.717, 1.165) is 12.0 Å². The Morgan fingerprint density at radius 2 is 1.79 bits per heavy atom. The standard InChI is InChI=1S/C10H16N2.C2H6/c1-9-2-4-10(5-3-9)12-7-6-11-8-12;1-2/h6-10H,2-5H2,1H3;1-2H3. The van der Waals surface area contributed by atoms with Gasteiger partial charge in [0.15, 0.2) is 0 Å². The molecule has 0 aromatic carbocycles. The molecule has 0 radical (unpaired) electrons. The SMILES string of the molecule is CC.CC1CCC(n2ccnc2)CC1. The van der Waals surface area contributed by atoms with Crippen LogP contribution in [0.15, 0.2) is 18.7 Å². The van der Waals surface area contributed by atoms with Crippen LogP contribution < -0.4 is 0 Å². The van der Waals surface area contributed by atoms with Crippen LogP contribution in [-0.2, 0) is 0 Å². The topological polar surface area (TPSA) is 17.8 Å². The van der Waals surface area contributed by atoms with Gasteiger partial charge in [0.2, 0.25) is 0 Å². The molecular formula is C12H22N2. The van der Waals surface area contributed by atoms with Gasteiger partial charge in [-0.05, 0) is 31.6 Å². The molecule has 1 aliphatic carbocycles. The molecule has 1 aromatic heterocycles. The van der Waals surface area contributed by atoms with Gasteiger partial charge in [0.1, 0.15) is 0 Å². The molecule has 0 bridgehead atoms. The molecule has 1 aromatic rings. The summed E-state index contributed by atoms with van der Waals surface area (Å²) in [6, 6.07) is 0.726. The molecule has 0 aliphatic heterocycles. The maximum Gasteiger partial charge on any atom is 0.0948 e. The van der Waals surface area contributed by atoms with E-state index < -0.39 is 0 Å². The predicted molar refractivity (Wildman–Crippen MR) is 60.2 cm³/mol. The lowest BCUT2D eigenvalue weighted by Gasteiger charge is -2.26. The second-order valence-electron chi connectivity index (χ2n) is 3.92. The Hall–Kier alpha value is -0.790. The summed E-state index contributed by atoms with van der Waals surface area (Å²) in [5.41, 5.74) is 0. The van der Waals surface area contributed by atoms with E-state index in [2.05, 4.69) is 22.7 Å². The second kappa shape index (κ2) is 5.84. The molecule has 0 spiro atoms. The van der Waals surface area contributed by atoms with Crippen molar-refractivity contribution >= 4 is 0 Å². The first kappa shape index (κ1) is 11.3. The maximum atomic E-state index is 4.08. The van der Waals surface area contributed by atoms with Crippen molar-refractivity contribution in [3.63, 3.8) is 0 Å². The smallest absolute Gasteiger partial charge is 0.0948 e. The van der Waals surface area contributed by atoms with Crippen molar-refractivity contribution in [3.8, 4) is 0 Å². The van der Waals surface area contributed by atoms with Gasteiger partial charge >= 0.3 is 0 Å². The molecule has 0 amide bonds. The molecule has 0 unspecified atom stereocenters. The molecule has 2 nitrogen and oxygen atoms in total.